The smallest absolute Gasteiger partial charge is 0.128 e. The summed E-state index contributed by atoms with van der Waals surface area (Å²) in [5, 5.41) is 3.52. The lowest BCUT2D eigenvalue weighted by atomic mass is 10.2. The average Bonchev–Trinajstić information content (AvgIpc) is 3.26. The van der Waals surface area contributed by atoms with E-state index in [0.29, 0.717) is 0 Å². The number of anilines is 1. The van der Waals surface area contributed by atoms with Crippen LogP contribution in [0.25, 0.3) is 0 Å². The van der Waals surface area contributed by atoms with E-state index in [-0.39, 0.29) is 0 Å². The molecule has 20 heavy (non-hydrogen) atoms. The maximum Gasteiger partial charge on any atom is 0.128 e. The molecule has 1 saturated carbocycles. The van der Waals surface area contributed by atoms with Gasteiger partial charge in [0.05, 0.1) is 0 Å². The van der Waals surface area contributed by atoms with Gasteiger partial charge in [0.1, 0.15) is 5.82 Å². The van der Waals surface area contributed by atoms with Crippen molar-refractivity contribution < 1.29 is 0 Å². The van der Waals surface area contributed by atoms with Crippen molar-refractivity contribution in [1.29, 1.82) is 0 Å². The Bertz CT molecular complexity index is 384. The summed E-state index contributed by atoms with van der Waals surface area (Å²) in [4.78, 5) is 9.20. The van der Waals surface area contributed by atoms with Crippen molar-refractivity contribution in [2.75, 3.05) is 38.6 Å². The van der Waals surface area contributed by atoms with E-state index in [9.17, 15) is 0 Å². The van der Waals surface area contributed by atoms with Gasteiger partial charge in [-0.15, -0.1) is 0 Å². The minimum absolute atomic E-state index is 0.757. The maximum absolute atomic E-state index is 4.62. The lowest BCUT2D eigenvalue weighted by Crippen LogP contribution is -2.27. The fraction of sp³-hybridized carbons (Fsp3) is 0.688. The van der Waals surface area contributed by atoms with Crippen molar-refractivity contribution in [3.8, 4) is 0 Å². The molecule has 4 nitrogen and oxygen atoms in total. The SMILES string of the molecule is CCN(CCCN(C)C)c1ccc(CNC2CC2)cn1. The zero-order valence-corrected chi connectivity index (χ0v) is 13.1. The lowest BCUT2D eigenvalue weighted by Gasteiger charge is -2.23. The van der Waals surface area contributed by atoms with Crippen molar-refractivity contribution in [1.82, 2.24) is 15.2 Å². The predicted molar refractivity (Wildman–Crippen MR) is 85.2 cm³/mol. The summed E-state index contributed by atoms with van der Waals surface area (Å²) >= 11 is 0. The zero-order chi connectivity index (χ0) is 14.4. The minimum Gasteiger partial charge on any atom is -0.357 e. The van der Waals surface area contributed by atoms with Crippen LogP contribution < -0.4 is 10.2 Å². The van der Waals surface area contributed by atoms with Gasteiger partial charge in [-0.3, -0.25) is 0 Å². The Hall–Kier alpha value is -1.13. The fourth-order valence-corrected chi connectivity index (χ4v) is 2.27. The number of hydrogen-bond acceptors (Lipinski definition) is 4. The number of rotatable bonds is 9. The second-order valence-corrected chi connectivity index (χ2v) is 5.92. The van der Waals surface area contributed by atoms with E-state index in [2.05, 4.69) is 53.3 Å². The van der Waals surface area contributed by atoms with Gasteiger partial charge in [0.15, 0.2) is 0 Å². The van der Waals surface area contributed by atoms with Gasteiger partial charge in [-0.2, -0.15) is 0 Å². The minimum atomic E-state index is 0.757. The van der Waals surface area contributed by atoms with Crippen LogP contribution in [-0.4, -0.2) is 49.7 Å². The third-order valence-electron chi connectivity index (χ3n) is 3.72. The Morgan fingerprint density at radius 1 is 1.25 bits per heavy atom. The molecule has 1 aromatic heterocycles. The van der Waals surface area contributed by atoms with Gasteiger partial charge in [0.25, 0.3) is 0 Å². The number of hydrogen-bond donors (Lipinski definition) is 1. The molecular weight excluding hydrogens is 248 g/mol. The van der Waals surface area contributed by atoms with E-state index in [4.69, 9.17) is 0 Å². The summed E-state index contributed by atoms with van der Waals surface area (Å²) in [6.07, 6.45) is 5.86. The molecule has 112 valence electrons. The van der Waals surface area contributed by atoms with Crippen molar-refractivity contribution in [3.05, 3.63) is 23.9 Å². The molecule has 1 aliphatic carbocycles. The van der Waals surface area contributed by atoms with Crippen LogP contribution in [0.3, 0.4) is 0 Å². The molecule has 0 spiro atoms. The first-order valence-corrected chi connectivity index (χ1v) is 7.77. The highest BCUT2D eigenvalue weighted by Crippen LogP contribution is 2.19. The summed E-state index contributed by atoms with van der Waals surface area (Å²) < 4.78 is 0. The molecule has 2 rings (SSSR count). The molecule has 0 unspecified atom stereocenters. The predicted octanol–water partition coefficient (Wildman–Crippen LogP) is 2.11. The number of nitrogens with zero attached hydrogens (tertiary/aromatic N) is 3. The van der Waals surface area contributed by atoms with E-state index >= 15 is 0 Å². The Kier molecular flexibility index (Phi) is 5.80. The number of pyridine rings is 1. The molecule has 1 N–H and O–H groups in total. The van der Waals surface area contributed by atoms with Gasteiger partial charge in [0, 0.05) is 31.9 Å². The normalized spacial score (nSPS) is 14.8. The summed E-state index contributed by atoms with van der Waals surface area (Å²) in [6, 6.07) is 5.11. The third kappa shape index (κ3) is 5.10. The molecule has 0 radical (unpaired) electrons. The van der Waals surface area contributed by atoms with Gasteiger partial charge in [-0.25, -0.2) is 4.98 Å². The van der Waals surface area contributed by atoms with Crippen molar-refractivity contribution >= 4 is 5.82 Å². The molecule has 1 aromatic rings. The van der Waals surface area contributed by atoms with Crippen LogP contribution in [0.4, 0.5) is 5.82 Å². The number of nitrogens with one attached hydrogen (secondary N) is 1. The van der Waals surface area contributed by atoms with Crippen LogP contribution in [0.15, 0.2) is 18.3 Å². The second-order valence-electron chi connectivity index (χ2n) is 5.92. The van der Waals surface area contributed by atoms with E-state index in [1.165, 1.54) is 24.8 Å². The van der Waals surface area contributed by atoms with Gasteiger partial charge in [-0.1, -0.05) is 6.07 Å². The highest BCUT2D eigenvalue weighted by molar-refractivity contribution is 5.39. The Morgan fingerprint density at radius 3 is 2.60 bits per heavy atom. The first kappa shape index (κ1) is 15.3. The van der Waals surface area contributed by atoms with Crippen LogP contribution >= 0.6 is 0 Å². The van der Waals surface area contributed by atoms with Gasteiger partial charge >= 0.3 is 0 Å². The van der Waals surface area contributed by atoms with E-state index in [1.54, 1.807) is 0 Å². The molecule has 0 aliphatic heterocycles. The molecule has 0 aromatic carbocycles. The Balaban J connectivity index is 1.81. The quantitative estimate of drug-likeness (QED) is 0.748. The van der Waals surface area contributed by atoms with Crippen LogP contribution in [0, 0.1) is 0 Å². The molecular formula is C16H28N4. The Labute approximate surface area is 123 Å². The summed E-state index contributed by atoms with van der Waals surface area (Å²) in [5.41, 5.74) is 1.28. The summed E-state index contributed by atoms with van der Waals surface area (Å²) in [5.74, 6) is 1.10. The fourth-order valence-electron chi connectivity index (χ4n) is 2.27. The molecule has 4 heteroatoms. The van der Waals surface area contributed by atoms with Gasteiger partial charge < -0.3 is 15.1 Å². The molecule has 0 atom stereocenters. The molecule has 0 bridgehead atoms. The first-order chi connectivity index (χ1) is 9.69. The van der Waals surface area contributed by atoms with Crippen molar-refractivity contribution in [2.45, 2.75) is 38.8 Å². The van der Waals surface area contributed by atoms with Crippen LogP contribution in [0.2, 0.25) is 0 Å². The van der Waals surface area contributed by atoms with Crippen LogP contribution in [-0.2, 0) is 6.54 Å². The molecule has 0 amide bonds. The topological polar surface area (TPSA) is 31.4 Å². The van der Waals surface area contributed by atoms with Gasteiger partial charge in [0.2, 0.25) is 0 Å². The standard InChI is InChI=1S/C16H28N4/c1-4-20(11-5-10-19(2)3)16-9-6-14(13-18-16)12-17-15-7-8-15/h6,9,13,15,17H,4-5,7-8,10-12H2,1-3H3. The third-order valence-corrected chi connectivity index (χ3v) is 3.72. The highest BCUT2D eigenvalue weighted by atomic mass is 15.2. The van der Waals surface area contributed by atoms with Crippen LogP contribution in [0.1, 0.15) is 31.7 Å². The molecule has 1 heterocycles. The highest BCUT2D eigenvalue weighted by Gasteiger charge is 2.19. The molecule has 1 aliphatic rings. The second kappa shape index (κ2) is 7.60. The number of aromatic nitrogens is 1. The van der Waals surface area contributed by atoms with Crippen LogP contribution in [0.5, 0.6) is 0 Å². The monoisotopic (exact) mass is 276 g/mol. The zero-order valence-electron chi connectivity index (χ0n) is 13.1. The van der Waals surface area contributed by atoms with Gasteiger partial charge in [-0.05, 0) is 58.5 Å². The van der Waals surface area contributed by atoms with E-state index in [1.807, 2.05) is 6.20 Å². The summed E-state index contributed by atoms with van der Waals surface area (Å²) in [7, 11) is 4.24. The maximum atomic E-state index is 4.62. The van der Waals surface area contributed by atoms with E-state index < -0.39 is 0 Å². The summed E-state index contributed by atoms with van der Waals surface area (Å²) in [6.45, 7) is 6.35. The molecule has 0 saturated heterocycles. The van der Waals surface area contributed by atoms with Crippen molar-refractivity contribution in [2.24, 2.45) is 0 Å². The van der Waals surface area contributed by atoms with Crippen molar-refractivity contribution in [3.63, 3.8) is 0 Å². The largest absolute Gasteiger partial charge is 0.357 e. The first-order valence-electron chi connectivity index (χ1n) is 7.77. The lowest BCUT2D eigenvalue weighted by molar-refractivity contribution is 0.400. The Morgan fingerprint density at radius 2 is 2.05 bits per heavy atom. The molecule has 1 fully saturated rings. The average molecular weight is 276 g/mol. The van der Waals surface area contributed by atoms with E-state index in [0.717, 1.165) is 38.0 Å².